The molecule has 0 bridgehead atoms. The van der Waals surface area contributed by atoms with Gasteiger partial charge in [-0.1, -0.05) is 6.07 Å². The molecule has 0 nitrogen and oxygen atoms in total. The van der Waals surface area contributed by atoms with Crippen molar-refractivity contribution in [3.05, 3.63) is 218 Å². The Morgan fingerprint density at radius 3 is 1.15 bits per heavy atom. The number of fused-ring (bicyclic) bond motifs is 7. The maximum absolute atomic E-state index is 2.51. The van der Waals surface area contributed by atoms with Gasteiger partial charge in [0.2, 0.25) is 0 Å². The molecule has 59 heavy (non-hydrogen) atoms. The van der Waals surface area contributed by atoms with Crippen molar-refractivity contribution in [2.75, 3.05) is 0 Å². The molecule has 12 aromatic rings. The first-order valence-corrected chi connectivity index (χ1v) is 22.1. The van der Waals surface area contributed by atoms with Crippen LogP contribution in [0.2, 0.25) is 0 Å². The molecule has 274 valence electrons. The molecule has 1 aromatic heterocycles. The molecule has 0 aliphatic rings. The van der Waals surface area contributed by atoms with Crippen LogP contribution in [0.15, 0.2) is 218 Å². The van der Waals surface area contributed by atoms with Crippen molar-refractivity contribution in [1.82, 2.24) is 0 Å². The van der Waals surface area contributed by atoms with E-state index in [9.17, 15) is 0 Å². The van der Waals surface area contributed by atoms with E-state index in [2.05, 4.69) is 218 Å². The molecule has 0 saturated heterocycles. The van der Waals surface area contributed by atoms with Gasteiger partial charge in [0.05, 0.1) is 0 Å². The van der Waals surface area contributed by atoms with Crippen LogP contribution in [-0.4, -0.2) is 14.5 Å². The second kappa shape index (κ2) is 13.8. The summed E-state index contributed by atoms with van der Waals surface area (Å²) in [7, 11) is 0. The first-order chi connectivity index (χ1) is 29.3. The molecule has 0 aliphatic carbocycles. The third kappa shape index (κ3) is 5.44. The standard InChI is InChI=1S/C58H36Se/c1-3-17-37(18-4-1)39-21-15-22-40(35-39)55-47-27-11-13-29-49(47)57(50-30-14-12-28-48(50)55)52-32-16-31-51-42-34-33-41(36-53(42)59-58(51)52)56-45-25-9-7-23-43(45)54(38-19-5-2-6-20-38)44-24-8-10-26-46(44)56/h1-36H. The van der Waals surface area contributed by atoms with E-state index in [1.165, 1.54) is 118 Å². The van der Waals surface area contributed by atoms with Gasteiger partial charge in [0, 0.05) is 0 Å². The second-order valence-corrected chi connectivity index (χ2v) is 17.7. The summed E-state index contributed by atoms with van der Waals surface area (Å²) < 4.78 is 2.91. The second-order valence-electron chi connectivity index (χ2n) is 15.5. The van der Waals surface area contributed by atoms with Crippen LogP contribution >= 0.6 is 0 Å². The molecule has 0 atom stereocenters. The van der Waals surface area contributed by atoms with E-state index in [4.69, 9.17) is 0 Å². The summed E-state index contributed by atoms with van der Waals surface area (Å²) >= 11 is 0.109. The van der Waals surface area contributed by atoms with E-state index in [0.717, 1.165) is 0 Å². The number of benzene rings is 11. The normalized spacial score (nSPS) is 11.7. The van der Waals surface area contributed by atoms with Crippen LogP contribution in [0.1, 0.15) is 0 Å². The van der Waals surface area contributed by atoms with Gasteiger partial charge < -0.3 is 0 Å². The monoisotopic (exact) mass is 812 g/mol. The number of rotatable bonds is 5. The minimum atomic E-state index is 0.109. The Morgan fingerprint density at radius 2 is 0.610 bits per heavy atom. The predicted octanol–water partition coefficient (Wildman–Crippen LogP) is 16.0. The van der Waals surface area contributed by atoms with Gasteiger partial charge in [-0.25, -0.2) is 0 Å². The Balaban J connectivity index is 1.08. The van der Waals surface area contributed by atoms with E-state index in [1.54, 1.807) is 0 Å². The van der Waals surface area contributed by atoms with E-state index in [-0.39, 0.29) is 14.5 Å². The van der Waals surface area contributed by atoms with Crippen molar-refractivity contribution in [3.8, 4) is 55.6 Å². The molecule has 0 N–H and O–H groups in total. The molecule has 1 heterocycles. The topological polar surface area (TPSA) is 0 Å². The Bertz CT molecular complexity index is 3480. The molecule has 0 aliphatic heterocycles. The van der Waals surface area contributed by atoms with Crippen LogP contribution in [0.25, 0.3) is 118 Å². The first-order valence-electron chi connectivity index (χ1n) is 20.3. The van der Waals surface area contributed by atoms with Crippen molar-refractivity contribution >= 4 is 76.9 Å². The summed E-state index contributed by atoms with van der Waals surface area (Å²) in [6.07, 6.45) is 0. The third-order valence-corrected chi connectivity index (χ3v) is 14.8. The molecule has 0 spiro atoms. The van der Waals surface area contributed by atoms with Crippen molar-refractivity contribution in [1.29, 1.82) is 0 Å². The zero-order valence-corrected chi connectivity index (χ0v) is 33.9. The fraction of sp³-hybridized carbons (Fsp3) is 0. The molecule has 1 heteroatoms. The van der Waals surface area contributed by atoms with E-state index < -0.39 is 0 Å². The van der Waals surface area contributed by atoms with Gasteiger partial charge in [0.25, 0.3) is 0 Å². The maximum atomic E-state index is 2.51. The number of hydrogen-bond donors (Lipinski definition) is 0. The van der Waals surface area contributed by atoms with Crippen LogP contribution in [0.5, 0.6) is 0 Å². The van der Waals surface area contributed by atoms with Crippen LogP contribution in [-0.2, 0) is 0 Å². The SMILES string of the molecule is c1ccc(-c2cccc(-c3c4ccccc4c(-c4cccc5c4[se]c4cc(-c6c7ccccc7c(-c7ccccc7)c7ccccc67)ccc45)c4ccccc34)c2)cc1. The van der Waals surface area contributed by atoms with Gasteiger partial charge >= 0.3 is 345 Å². The average molecular weight is 812 g/mol. The third-order valence-electron chi connectivity index (χ3n) is 12.2. The van der Waals surface area contributed by atoms with Crippen LogP contribution in [0.3, 0.4) is 0 Å². The molecule has 0 fully saturated rings. The Kier molecular flexibility index (Phi) is 7.98. The molecule has 0 saturated carbocycles. The van der Waals surface area contributed by atoms with Crippen molar-refractivity contribution in [2.24, 2.45) is 0 Å². The van der Waals surface area contributed by atoms with Crippen LogP contribution < -0.4 is 0 Å². The molecular weight excluding hydrogens is 776 g/mol. The fourth-order valence-electron chi connectivity index (χ4n) is 9.72. The Hall–Kier alpha value is -7.02. The summed E-state index contributed by atoms with van der Waals surface area (Å²) in [6, 6.07) is 81.0. The van der Waals surface area contributed by atoms with Crippen LogP contribution in [0.4, 0.5) is 0 Å². The Morgan fingerprint density at radius 1 is 0.220 bits per heavy atom. The van der Waals surface area contributed by atoms with Gasteiger partial charge in [-0.05, 0) is 0 Å². The quantitative estimate of drug-likeness (QED) is 0.120. The van der Waals surface area contributed by atoms with Crippen molar-refractivity contribution in [2.45, 2.75) is 0 Å². The van der Waals surface area contributed by atoms with E-state index >= 15 is 0 Å². The van der Waals surface area contributed by atoms with Crippen LogP contribution in [0, 0.1) is 0 Å². The van der Waals surface area contributed by atoms with Gasteiger partial charge in [-0.3, -0.25) is 0 Å². The number of hydrogen-bond acceptors (Lipinski definition) is 0. The van der Waals surface area contributed by atoms with Crippen molar-refractivity contribution in [3.63, 3.8) is 0 Å². The summed E-state index contributed by atoms with van der Waals surface area (Å²) in [4.78, 5) is 0. The zero-order valence-electron chi connectivity index (χ0n) is 32.2. The molecule has 0 radical (unpaired) electrons. The molecule has 11 aromatic carbocycles. The molecular formula is C58H36Se. The van der Waals surface area contributed by atoms with Gasteiger partial charge in [0.1, 0.15) is 0 Å². The fourth-order valence-corrected chi connectivity index (χ4v) is 12.4. The predicted molar refractivity (Wildman–Crippen MR) is 256 cm³/mol. The molecule has 12 rings (SSSR count). The zero-order chi connectivity index (χ0) is 38.9. The first kappa shape index (κ1) is 34.1. The van der Waals surface area contributed by atoms with Gasteiger partial charge in [0.15, 0.2) is 0 Å². The summed E-state index contributed by atoms with van der Waals surface area (Å²) in [5.74, 6) is 0. The van der Waals surface area contributed by atoms with Crippen molar-refractivity contribution < 1.29 is 0 Å². The molecule has 0 amide bonds. The average Bonchev–Trinajstić information content (AvgIpc) is 3.69. The minimum absolute atomic E-state index is 0.109. The van der Waals surface area contributed by atoms with E-state index in [1.807, 2.05) is 0 Å². The summed E-state index contributed by atoms with van der Waals surface area (Å²) in [6.45, 7) is 0. The molecule has 0 unspecified atom stereocenters. The summed E-state index contributed by atoms with van der Waals surface area (Å²) in [5, 5.41) is 13.1. The Labute approximate surface area is 349 Å². The van der Waals surface area contributed by atoms with E-state index in [0.29, 0.717) is 0 Å². The van der Waals surface area contributed by atoms with Gasteiger partial charge in [-0.15, -0.1) is 0 Å². The van der Waals surface area contributed by atoms with Gasteiger partial charge in [-0.2, -0.15) is 0 Å². The summed E-state index contributed by atoms with van der Waals surface area (Å²) in [5.41, 5.74) is 12.8.